The summed E-state index contributed by atoms with van der Waals surface area (Å²) in [6.07, 6.45) is 5.44. The fourth-order valence-corrected chi connectivity index (χ4v) is 3.22. The Balaban J connectivity index is 0.00000162. The molecule has 2 saturated heterocycles. The van der Waals surface area contributed by atoms with Gasteiger partial charge < -0.3 is 15.4 Å². The molecule has 0 aromatic carbocycles. The average Bonchev–Trinajstić information content (AvgIpc) is 2.72. The van der Waals surface area contributed by atoms with Gasteiger partial charge in [0.15, 0.2) is 0 Å². The molecule has 3 atom stereocenters. The minimum atomic E-state index is 0. The van der Waals surface area contributed by atoms with Gasteiger partial charge in [-0.2, -0.15) is 0 Å². The minimum absolute atomic E-state index is 0. The number of hydrogen-bond acceptors (Lipinski definition) is 3. The molecule has 0 aromatic rings. The Kier molecular flexibility index (Phi) is 6.39. The first-order valence-electron chi connectivity index (χ1n) is 7.19. The van der Waals surface area contributed by atoms with Crippen LogP contribution in [0.1, 0.15) is 39.5 Å². The van der Waals surface area contributed by atoms with Crippen LogP contribution >= 0.6 is 12.4 Å². The Morgan fingerprint density at radius 1 is 1.44 bits per heavy atom. The molecule has 0 saturated carbocycles. The lowest BCUT2D eigenvalue weighted by molar-refractivity contribution is -0.0168. The van der Waals surface area contributed by atoms with Crippen molar-refractivity contribution in [2.45, 2.75) is 45.6 Å². The average molecular weight is 277 g/mol. The van der Waals surface area contributed by atoms with Gasteiger partial charge in [0.05, 0.1) is 6.10 Å². The zero-order valence-electron chi connectivity index (χ0n) is 11.9. The van der Waals surface area contributed by atoms with Crippen LogP contribution in [0.4, 0.5) is 0 Å². The van der Waals surface area contributed by atoms with Crippen LogP contribution in [0.2, 0.25) is 0 Å². The molecule has 18 heavy (non-hydrogen) atoms. The van der Waals surface area contributed by atoms with E-state index in [2.05, 4.69) is 18.7 Å². The summed E-state index contributed by atoms with van der Waals surface area (Å²) in [7, 11) is 0. The molecule has 0 amide bonds. The highest BCUT2D eigenvalue weighted by Gasteiger charge is 2.34. The standard InChI is InChI=1S/C14H28N2O.ClH/c1-3-13-8-12(4-7-17-13)9-16-6-5-14(2,10-15)11-16;/h12-13H,3-11,15H2,1-2H3;1H. The van der Waals surface area contributed by atoms with Crippen molar-refractivity contribution in [3.63, 3.8) is 0 Å². The summed E-state index contributed by atoms with van der Waals surface area (Å²) in [5.74, 6) is 0.842. The molecule has 0 radical (unpaired) electrons. The summed E-state index contributed by atoms with van der Waals surface area (Å²) >= 11 is 0. The highest BCUT2D eigenvalue weighted by Crippen LogP contribution is 2.31. The first kappa shape index (κ1) is 16.2. The lowest BCUT2D eigenvalue weighted by Gasteiger charge is -2.32. The molecule has 2 aliphatic rings. The maximum atomic E-state index is 5.86. The minimum Gasteiger partial charge on any atom is -0.378 e. The van der Waals surface area contributed by atoms with Gasteiger partial charge in [-0.25, -0.2) is 0 Å². The van der Waals surface area contributed by atoms with E-state index in [-0.39, 0.29) is 12.4 Å². The maximum absolute atomic E-state index is 5.86. The van der Waals surface area contributed by atoms with Crippen LogP contribution in [0, 0.1) is 11.3 Å². The molecule has 2 rings (SSSR count). The molecule has 2 aliphatic heterocycles. The molecule has 0 spiro atoms. The number of ether oxygens (including phenoxy) is 1. The van der Waals surface area contributed by atoms with Gasteiger partial charge in [-0.15, -0.1) is 12.4 Å². The maximum Gasteiger partial charge on any atom is 0.0575 e. The fraction of sp³-hybridized carbons (Fsp3) is 1.00. The molecular formula is C14H29ClN2O. The largest absolute Gasteiger partial charge is 0.378 e. The molecule has 4 heteroatoms. The Hall–Kier alpha value is 0.170. The van der Waals surface area contributed by atoms with Gasteiger partial charge in [0.25, 0.3) is 0 Å². The first-order valence-corrected chi connectivity index (χ1v) is 7.19. The van der Waals surface area contributed by atoms with E-state index in [1.807, 2.05) is 0 Å². The van der Waals surface area contributed by atoms with Crippen molar-refractivity contribution in [1.82, 2.24) is 4.90 Å². The number of likely N-dealkylation sites (tertiary alicyclic amines) is 1. The van der Waals surface area contributed by atoms with E-state index in [9.17, 15) is 0 Å². The summed E-state index contributed by atoms with van der Waals surface area (Å²) < 4.78 is 5.75. The van der Waals surface area contributed by atoms with Crippen molar-refractivity contribution in [3.05, 3.63) is 0 Å². The molecule has 2 N–H and O–H groups in total. The first-order chi connectivity index (χ1) is 8.15. The predicted molar refractivity (Wildman–Crippen MR) is 78.2 cm³/mol. The van der Waals surface area contributed by atoms with E-state index in [0.29, 0.717) is 11.5 Å². The van der Waals surface area contributed by atoms with E-state index in [4.69, 9.17) is 10.5 Å². The highest BCUT2D eigenvalue weighted by molar-refractivity contribution is 5.85. The molecule has 2 fully saturated rings. The lowest BCUT2D eigenvalue weighted by atomic mass is 9.90. The quantitative estimate of drug-likeness (QED) is 0.856. The fourth-order valence-electron chi connectivity index (χ4n) is 3.22. The van der Waals surface area contributed by atoms with Crippen LogP contribution in [0.3, 0.4) is 0 Å². The molecule has 2 heterocycles. The number of rotatable bonds is 4. The molecule has 108 valence electrons. The number of halogens is 1. The van der Waals surface area contributed by atoms with Gasteiger partial charge in [-0.05, 0) is 50.1 Å². The summed E-state index contributed by atoms with van der Waals surface area (Å²) in [6, 6.07) is 0. The molecule has 0 bridgehead atoms. The molecule has 3 unspecified atom stereocenters. The SMILES string of the molecule is CCC1CC(CN2CCC(C)(CN)C2)CCO1.Cl. The van der Waals surface area contributed by atoms with E-state index in [0.717, 1.165) is 25.5 Å². The van der Waals surface area contributed by atoms with Gasteiger partial charge >= 0.3 is 0 Å². The second-order valence-electron chi connectivity index (χ2n) is 6.29. The Morgan fingerprint density at radius 2 is 2.22 bits per heavy atom. The van der Waals surface area contributed by atoms with Crippen molar-refractivity contribution in [3.8, 4) is 0 Å². The van der Waals surface area contributed by atoms with E-state index in [1.54, 1.807) is 0 Å². The van der Waals surface area contributed by atoms with Crippen LogP contribution in [-0.4, -0.2) is 43.8 Å². The number of hydrogen-bond donors (Lipinski definition) is 1. The van der Waals surface area contributed by atoms with E-state index in [1.165, 1.54) is 38.9 Å². The van der Waals surface area contributed by atoms with Crippen molar-refractivity contribution >= 4 is 12.4 Å². The van der Waals surface area contributed by atoms with Gasteiger partial charge in [-0.3, -0.25) is 0 Å². The van der Waals surface area contributed by atoms with Crippen LogP contribution in [0.5, 0.6) is 0 Å². The van der Waals surface area contributed by atoms with Gasteiger partial charge in [0.1, 0.15) is 0 Å². The van der Waals surface area contributed by atoms with Crippen molar-refractivity contribution in [2.24, 2.45) is 17.1 Å². The molecular weight excluding hydrogens is 248 g/mol. The second kappa shape index (κ2) is 7.09. The summed E-state index contributed by atoms with van der Waals surface area (Å²) in [4.78, 5) is 2.62. The highest BCUT2D eigenvalue weighted by atomic mass is 35.5. The Bertz CT molecular complexity index is 252. The third-order valence-corrected chi connectivity index (χ3v) is 4.58. The normalized spacial score (nSPS) is 37.5. The zero-order valence-corrected chi connectivity index (χ0v) is 12.7. The number of nitrogens with zero attached hydrogens (tertiary/aromatic N) is 1. The summed E-state index contributed by atoms with van der Waals surface area (Å²) in [5, 5.41) is 0. The topological polar surface area (TPSA) is 38.5 Å². The lowest BCUT2D eigenvalue weighted by Crippen LogP contribution is -2.36. The van der Waals surface area contributed by atoms with Gasteiger partial charge in [0.2, 0.25) is 0 Å². The molecule has 3 nitrogen and oxygen atoms in total. The molecule has 0 aromatic heterocycles. The third kappa shape index (κ3) is 4.09. The Labute approximate surface area is 118 Å². The van der Waals surface area contributed by atoms with E-state index >= 15 is 0 Å². The smallest absolute Gasteiger partial charge is 0.0575 e. The summed E-state index contributed by atoms with van der Waals surface area (Å²) in [6.45, 7) is 10.0. The van der Waals surface area contributed by atoms with Gasteiger partial charge in [0, 0.05) is 19.7 Å². The second-order valence-corrected chi connectivity index (χ2v) is 6.29. The third-order valence-electron chi connectivity index (χ3n) is 4.58. The van der Waals surface area contributed by atoms with Crippen molar-refractivity contribution in [1.29, 1.82) is 0 Å². The summed E-state index contributed by atoms with van der Waals surface area (Å²) in [5.41, 5.74) is 6.23. The van der Waals surface area contributed by atoms with Crippen molar-refractivity contribution in [2.75, 3.05) is 32.8 Å². The van der Waals surface area contributed by atoms with Crippen LogP contribution in [-0.2, 0) is 4.74 Å². The van der Waals surface area contributed by atoms with E-state index < -0.39 is 0 Å². The monoisotopic (exact) mass is 276 g/mol. The zero-order chi connectivity index (χ0) is 12.3. The number of nitrogens with two attached hydrogens (primary N) is 1. The van der Waals surface area contributed by atoms with Gasteiger partial charge in [-0.1, -0.05) is 13.8 Å². The Morgan fingerprint density at radius 3 is 2.83 bits per heavy atom. The molecule has 0 aliphatic carbocycles. The predicted octanol–water partition coefficient (Wildman–Crippen LogP) is 2.28. The van der Waals surface area contributed by atoms with Crippen molar-refractivity contribution < 1.29 is 4.74 Å². The van der Waals surface area contributed by atoms with Crippen LogP contribution in [0.15, 0.2) is 0 Å². The van der Waals surface area contributed by atoms with Crippen LogP contribution < -0.4 is 5.73 Å². The van der Waals surface area contributed by atoms with Crippen LogP contribution in [0.25, 0.3) is 0 Å².